The Morgan fingerprint density at radius 1 is 1.56 bits per heavy atom. The average molecular weight is 241 g/mol. The number of aryl methyl sites for hydroxylation is 1. The van der Waals surface area contributed by atoms with Crippen LogP contribution < -0.4 is 5.56 Å². The molecule has 0 aromatic carbocycles. The van der Waals surface area contributed by atoms with Gasteiger partial charge in [0.05, 0.1) is 0 Å². The second kappa shape index (κ2) is 5.96. The largest absolute Gasteiger partial charge is 0.325 e. The van der Waals surface area contributed by atoms with Gasteiger partial charge in [0, 0.05) is 24.8 Å². The molecule has 16 heavy (non-hydrogen) atoms. The summed E-state index contributed by atoms with van der Waals surface area (Å²) in [4.78, 5) is 15.9. The van der Waals surface area contributed by atoms with Crippen molar-refractivity contribution in [2.75, 3.05) is 13.6 Å². The zero-order valence-electron chi connectivity index (χ0n) is 10.1. The molecule has 0 amide bonds. The molecule has 0 saturated heterocycles. The molecule has 1 aromatic heterocycles. The lowest BCUT2D eigenvalue weighted by atomic mass is 10.3. The van der Waals surface area contributed by atoms with Crippen molar-refractivity contribution < 1.29 is 0 Å². The molecule has 0 saturated carbocycles. The SMILES string of the molecule is CC(C)N(C)CCCn1ccc(=O)[nH]c1=S. The van der Waals surface area contributed by atoms with E-state index in [9.17, 15) is 4.79 Å². The van der Waals surface area contributed by atoms with Crippen molar-refractivity contribution >= 4 is 12.2 Å². The molecule has 0 aliphatic heterocycles. The highest BCUT2D eigenvalue weighted by Crippen LogP contribution is 1.97. The Morgan fingerprint density at radius 2 is 2.25 bits per heavy atom. The molecule has 1 heterocycles. The summed E-state index contributed by atoms with van der Waals surface area (Å²) in [5.74, 6) is 0. The molecule has 0 spiro atoms. The predicted molar refractivity (Wildman–Crippen MR) is 68.3 cm³/mol. The summed E-state index contributed by atoms with van der Waals surface area (Å²) in [6.45, 7) is 6.21. The van der Waals surface area contributed by atoms with Crippen molar-refractivity contribution in [2.24, 2.45) is 0 Å². The van der Waals surface area contributed by atoms with Crippen LogP contribution >= 0.6 is 12.2 Å². The second-order valence-electron chi connectivity index (χ2n) is 4.23. The molecular formula is C11H19N3OS. The third-order valence-corrected chi connectivity index (χ3v) is 3.02. The summed E-state index contributed by atoms with van der Waals surface area (Å²) >= 11 is 5.06. The molecule has 5 heteroatoms. The molecular weight excluding hydrogens is 222 g/mol. The van der Waals surface area contributed by atoms with Crippen LogP contribution in [-0.2, 0) is 6.54 Å². The number of nitrogens with zero attached hydrogens (tertiary/aromatic N) is 2. The normalized spacial score (nSPS) is 11.3. The Morgan fingerprint density at radius 3 is 2.81 bits per heavy atom. The van der Waals surface area contributed by atoms with Gasteiger partial charge in [-0.15, -0.1) is 0 Å². The van der Waals surface area contributed by atoms with Crippen molar-refractivity contribution in [1.82, 2.24) is 14.5 Å². The van der Waals surface area contributed by atoms with E-state index in [1.807, 2.05) is 4.57 Å². The predicted octanol–water partition coefficient (Wildman–Crippen LogP) is 1.64. The van der Waals surface area contributed by atoms with Crippen LogP contribution in [0.25, 0.3) is 0 Å². The Bertz CT molecular complexity index is 435. The van der Waals surface area contributed by atoms with E-state index in [2.05, 4.69) is 30.8 Å². The summed E-state index contributed by atoms with van der Waals surface area (Å²) in [7, 11) is 2.11. The second-order valence-corrected chi connectivity index (χ2v) is 4.62. The first-order valence-corrected chi connectivity index (χ1v) is 5.91. The smallest absolute Gasteiger partial charge is 0.251 e. The van der Waals surface area contributed by atoms with E-state index in [1.165, 1.54) is 6.07 Å². The fourth-order valence-electron chi connectivity index (χ4n) is 1.37. The molecule has 1 aromatic rings. The molecule has 0 radical (unpaired) electrons. The fraction of sp³-hybridized carbons (Fsp3) is 0.636. The van der Waals surface area contributed by atoms with Crippen LogP contribution in [0.1, 0.15) is 20.3 Å². The quantitative estimate of drug-likeness (QED) is 0.797. The van der Waals surface area contributed by atoms with E-state index in [0.29, 0.717) is 10.8 Å². The van der Waals surface area contributed by atoms with Gasteiger partial charge in [-0.2, -0.15) is 0 Å². The zero-order chi connectivity index (χ0) is 12.1. The summed E-state index contributed by atoms with van der Waals surface area (Å²) < 4.78 is 2.39. The van der Waals surface area contributed by atoms with Crippen molar-refractivity contribution in [2.45, 2.75) is 32.9 Å². The van der Waals surface area contributed by atoms with E-state index in [-0.39, 0.29) is 5.56 Å². The van der Waals surface area contributed by atoms with E-state index in [0.717, 1.165) is 19.5 Å². The first-order chi connectivity index (χ1) is 7.50. The van der Waals surface area contributed by atoms with Gasteiger partial charge in [-0.25, -0.2) is 0 Å². The maximum atomic E-state index is 11.0. The molecule has 4 nitrogen and oxygen atoms in total. The lowest BCUT2D eigenvalue weighted by molar-refractivity contribution is 0.265. The highest BCUT2D eigenvalue weighted by atomic mass is 32.1. The van der Waals surface area contributed by atoms with Gasteiger partial charge in [-0.05, 0) is 46.1 Å². The van der Waals surface area contributed by atoms with E-state index < -0.39 is 0 Å². The third-order valence-electron chi connectivity index (χ3n) is 2.69. The minimum Gasteiger partial charge on any atom is -0.325 e. The minimum atomic E-state index is -0.138. The standard InChI is InChI=1S/C11H19N3OS/c1-9(2)13(3)6-4-7-14-8-5-10(15)12-11(14)16/h5,8-9H,4,6-7H2,1-3H3,(H,12,15,16). The van der Waals surface area contributed by atoms with Crippen LogP contribution in [0.2, 0.25) is 0 Å². The Labute approximate surface area is 101 Å². The van der Waals surface area contributed by atoms with Crippen molar-refractivity contribution in [3.05, 3.63) is 27.4 Å². The summed E-state index contributed by atoms with van der Waals surface area (Å²) in [5, 5.41) is 0. The molecule has 1 N–H and O–H groups in total. The van der Waals surface area contributed by atoms with Gasteiger partial charge in [0.1, 0.15) is 0 Å². The summed E-state index contributed by atoms with van der Waals surface area (Å²) in [6.07, 6.45) is 2.77. The number of nitrogens with one attached hydrogen (secondary N) is 1. The van der Waals surface area contributed by atoms with Crippen molar-refractivity contribution in [3.8, 4) is 0 Å². The summed E-state index contributed by atoms with van der Waals surface area (Å²) in [5.41, 5.74) is -0.138. The number of rotatable bonds is 5. The topological polar surface area (TPSA) is 41.0 Å². The van der Waals surface area contributed by atoms with Gasteiger partial charge >= 0.3 is 0 Å². The highest BCUT2D eigenvalue weighted by Gasteiger charge is 2.02. The molecule has 90 valence electrons. The zero-order valence-corrected chi connectivity index (χ0v) is 10.9. The van der Waals surface area contributed by atoms with Crippen LogP contribution in [-0.4, -0.2) is 34.1 Å². The molecule has 0 atom stereocenters. The lowest BCUT2D eigenvalue weighted by Gasteiger charge is -2.20. The van der Waals surface area contributed by atoms with Crippen LogP contribution in [0.4, 0.5) is 0 Å². The van der Waals surface area contributed by atoms with Gasteiger partial charge in [-0.1, -0.05) is 0 Å². The molecule has 0 fully saturated rings. The summed E-state index contributed by atoms with van der Waals surface area (Å²) in [6, 6.07) is 2.06. The lowest BCUT2D eigenvalue weighted by Crippen LogP contribution is -2.28. The van der Waals surface area contributed by atoms with Crippen molar-refractivity contribution in [3.63, 3.8) is 0 Å². The first-order valence-electron chi connectivity index (χ1n) is 5.50. The number of aromatic amines is 1. The Kier molecular flexibility index (Phi) is 4.89. The monoisotopic (exact) mass is 241 g/mol. The van der Waals surface area contributed by atoms with Crippen LogP contribution in [0, 0.1) is 4.77 Å². The van der Waals surface area contributed by atoms with E-state index >= 15 is 0 Å². The first kappa shape index (κ1) is 13.1. The minimum absolute atomic E-state index is 0.138. The highest BCUT2D eigenvalue weighted by molar-refractivity contribution is 7.71. The molecule has 0 aliphatic carbocycles. The van der Waals surface area contributed by atoms with Crippen molar-refractivity contribution in [1.29, 1.82) is 0 Å². The van der Waals surface area contributed by atoms with Gasteiger partial charge in [0.15, 0.2) is 4.77 Å². The van der Waals surface area contributed by atoms with Gasteiger partial charge in [0.2, 0.25) is 0 Å². The van der Waals surface area contributed by atoms with Gasteiger partial charge in [-0.3, -0.25) is 9.78 Å². The van der Waals surface area contributed by atoms with E-state index in [4.69, 9.17) is 12.2 Å². The molecule has 0 aliphatic rings. The Hall–Kier alpha value is -0.940. The third kappa shape index (κ3) is 3.90. The maximum absolute atomic E-state index is 11.0. The molecule has 0 bridgehead atoms. The van der Waals surface area contributed by atoms with Crippen LogP contribution in [0.5, 0.6) is 0 Å². The number of hydrogen-bond donors (Lipinski definition) is 1. The molecule has 0 unspecified atom stereocenters. The van der Waals surface area contributed by atoms with Crippen LogP contribution in [0.3, 0.4) is 0 Å². The average Bonchev–Trinajstić information content (AvgIpc) is 2.20. The van der Waals surface area contributed by atoms with Gasteiger partial charge < -0.3 is 9.47 Å². The Balaban J connectivity index is 2.50. The van der Waals surface area contributed by atoms with Gasteiger partial charge in [0.25, 0.3) is 5.56 Å². The van der Waals surface area contributed by atoms with Crippen LogP contribution in [0.15, 0.2) is 17.1 Å². The number of aromatic nitrogens is 2. The maximum Gasteiger partial charge on any atom is 0.251 e. The molecule has 1 rings (SSSR count). The fourth-order valence-corrected chi connectivity index (χ4v) is 1.62. The van der Waals surface area contributed by atoms with E-state index in [1.54, 1.807) is 6.20 Å². The number of H-pyrrole nitrogens is 1. The number of hydrogen-bond acceptors (Lipinski definition) is 3.